The largest absolute Gasteiger partial charge is 0.494 e. The van der Waals surface area contributed by atoms with Gasteiger partial charge in [-0.1, -0.05) is 53.3 Å². The average molecular weight is 427 g/mol. The summed E-state index contributed by atoms with van der Waals surface area (Å²) in [5, 5.41) is 8.09. The van der Waals surface area contributed by atoms with E-state index >= 15 is 0 Å². The van der Waals surface area contributed by atoms with E-state index in [1.165, 1.54) is 11.3 Å². The lowest BCUT2D eigenvalue weighted by atomic mass is 10.2. The highest BCUT2D eigenvalue weighted by molar-refractivity contribution is 7.22. The Morgan fingerprint density at radius 1 is 1.24 bits per heavy atom. The Morgan fingerprint density at radius 3 is 2.79 bits per heavy atom. The number of nitrogens with one attached hydrogen (secondary N) is 1. The molecule has 0 radical (unpaired) electrons. The molecule has 0 saturated carbocycles. The number of aryl methyl sites for hydroxylation is 1. The van der Waals surface area contributed by atoms with Crippen LogP contribution < -0.4 is 10.1 Å². The highest BCUT2D eigenvalue weighted by atomic mass is 35.5. The van der Waals surface area contributed by atoms with Gasteiger partial charge in [-0.15, -0.1) is 0 Å². The van der Waals surface area contributed by atoms with Crippen LogP contribution in [-0.4, -0.2) is 27.3 Å². The van der Waals surface area contributed by atoms with Crippen molar-refractivity contribution < 1.29 is 9.53 Å². The van der Waals surface area contributed by atoms with Crippen LogP contribution in [0.4, 0.5) is 5.13 Å². The molecular weight excluding hydrogens is 408 g/mol. The van der Waals surface area contributed by atoms with Crippen molar-refractivity contribution in [1.29, 1.82) is 0 Å². The number of nitrogens with zero attached hydrogens (tertiary/aromatic N) is 3. The second-order valence-electron chi connectivity index (χ2n) is 6.43. The molecular formula is C21H19ClN4O2S. The van der Waals surface area contributed by atoms with Gasteiger partial charge in [0.25, 0.3) is 5.91 Å². The number of anilines is 1. The Hall–Kier alpha value is -2.90. The van der Waals surface area contributed by atoms with Crippen LogP contribution in [0.15, 0.2) is 48.5 Å². The quantitative estimate of drug-likeness (QED) is 0.462. The number of halogens is 1. The minimum atomic E-state index is -0.323. The summed E-state index contributed by atoms with van der Waals surface area (Å²) in [6.45, 7) is 4.80. The first-order valence-corrected chi connectivity index (χ1v) is 10.4. The zero-order valence-corrected chi connectivity index (χ0v) is 17.5. The van der Waals surface area contributed by atoms with E-state index in [2.05, 4.69) is 15.4 Å². The summed E-state index contributed by atoms with van der Waals surface area (Å²) in [4.78, 5) is 17.3. The number of aromatic nitrogens is 3. The van der Waals surface area contributed by atoms with E-state index in [0.29, 0.717) is 34.7 Å². The van der Waals surface area contributed by atoms with Crippen molar-refractivity contribution >= 4 is 44.2 Å². The van der Waals surface area contributed by atoms with Gasteiger partial charge in [0.2, 0.25) is 0 Å². The van der Waals surface area contributed by atoms with Gasteiger partial charge < -0.3 is 4.74 Å². The third-order valence-electron chi connectivity index (χ3n) is 4.36. The summed E-state index contributed by atoms with van der Waals surface area (Å²) in [5.41, 5.74) is 2.79. The number of thiazole rings is 1. The number of fused-ring (bicyclic) bond motifs is 1. The zero-order valence-electron chi connectivity index (χ0n) is 16.0. The molecule has 0 aliphatic carbocycles. The van der Waals surface area contributed by atoms with E-state index < -0.39 is 0 Å². The first kappa shape index (κ1) is 19.4. The summed E-state index contributed by atoms with van der Waals surface area (Å²) in [6.07, 6.45) is 0. The molecule has 0 bridgehead atoms. The molecule has 2 heterocycles. The average Bonchev–Trinajstić information content (AvgIpc) is 3.22. The molecule has 0 atom stereocenters. The van der Waals surface area contributed by atoms with Gasteiger partial charge in [-0.25, -0.2) is 9.67 Å². The normalized spacial score (nSPS) is 11.0. The minimum absolute atomic E-state index is 0.309. The number of benzene rings is 2. The topological polar surface area (TPSA) is 69.0 Å². The Morgan fingerprint density at radius 2 is 2.03 bits per heavy atom. The SMILES string of the molecule is CCOc1ccc2nc(NC(=O)c3c(C)nn(Cc4ccccc4)c3Cl)sc2c1. The van der Waals surface area contributed by atoms with Crippen LogP contribution in [0.3, 0.4) is 0 Å². The lowest BCUT2D eigenvalue weighted by Gasteiger charge is -2.04. The summed E-state index contributed by atoms with van der Waals surface area (Å²) in [7, 11) is 0. The van der Waals surface area contributed by atoms with Crippen molar-refractivity contribution in [3.8, 4) is 5.75 Å². The monoisotopic (exact) mass is 426 g/mol. The van der Waals surface area contributed by atoms with Gasteiger partial charge in [0.05, 0.1) is 34.6 Å². The molecule has 4 aromatic rings. The third kappa shape index (κ3) is 4.11. The molecule has 0 aliphatic heterocycles. The summed E-state index contributed by atoms with van der Waals surface area (Å²) >= 11 is 7.87. The van der Waals surface area contributed by atoms with Gasteiger partial charge in [0.1, 0.15) is 10.9 Å². The molecule has 8 heteroatoms. The van der Waals surface area contributed by atoms with Crippen molar-refractivity contribution in [1.82, 2.24) is 14.8 Å². The maximum absolute atomic E-state index is 12.9. The fraction of sp³-hybridized carbons (Fsp3) is 0.190. The van der Waals surface area contributed by atoms with Crippen molar-refractivity contribution in [3.63, 3.8) is 0 Å². The smallest absolute Gasteiger partial charge is 0.262 e. The summed E-state index contributed by atoms with van der Waals surface area (Å²) < 4.78 is 8.09. The predicted octanol–water partition coefficient (Wildman–Crippen LogP) is 5.15. The Labute approximate surface area is 177 Å². The highest BCUT2D eigenvalue weighted by Gasteiger charge is 2.21. The number of carbonyl (C=O) groups is 1. The predicted molar refractivity (Wildman–Crippen MR) is 116 cm³/mol. The van der Waals surface area contributed by atoms with Gasteiger partial charge in [-0.2, -0.15) is 5.10 Å². The fourth-order valence-electron chi connectivity index (χ4n) is 3.05. The van der Waals surface area contributed by atoms with Gasteiger partial charge in [0.15, 0.2) is 5.13 Å². The molecule has 0 fully saturated rings. The molecule has 148 valence electrons. The molecule has 0 saturated heterocycles. The third-order valence-corrected chi connectivity index (χ3v) is 5.68. The second kappa shape index (κ2) is 8.23. The Bertz CT molecular complexity index is 1170. The van der Waals surface area contributed by atoms with Gasteiger partial charge in [-0.3, -0.25) is 10.1 Å². The van der Waals surface area contributed by atoms with E-state index in [0.717, 1.165) is 21.5 Å². The van der Waals surface area contributed by atoms with E-state index in [9.17, 15) is 4.79 Å². The number of hydrogen-bond donors (Lipinski definition) is 1. The van der Waals surface area contributed by atoms with Gasteiger partial charge in [0, 0.05) is 0 Å². The number of carbonyl (C=O) groups excluding carboxylic acids is 1. The van der Waals surface area contributed by atoms with E-state index in [1.807, 2.05) is 55.5 Å². The fourth-order valence-corrected chi connectivity index (χ4v) is 4.26. The van der Waals surface area contributed by atoms with Crippen LogP contribution in [-0.2, 0) is 6.54 Å². The first-order valence-electron chi connectivity index (χ1n) is 9.16. The molecule has 4 rings (SSSR count). The lowest BCUT2D eigenvalue weighted by molar-refractivity contribution is 0.102. The summed E-state index contributed by atoms with van der Waals surface area (Å²) in [6, 6.07) is 15.5. The molecule has 6 nitrogen and oxygen atoms in total. The van der Waals surface area contributed by atoms with Crippen molar-refractivity contribution in [2.24, 2.45) is 0 Å². The number of hydrogen-bond acceptors (Lipinski definition) is 5. The highest BCUT2D eigenvalue weighted by Crippen LogP contribution is 2.30. The minimum Gasteiger partial charge on any atom is -0.494 e. The Kier molecular flexibility index (Phi) is 5.51. The zero-order chi connectivity index (χ0) is 20.4. The molecule has 29 heavy (non-hydrogen) atoms. The molecule has 0 aliphatic rings. The maximum Gasteiger partial charge on any atom is 0.262 e. The molecule has 2 aromatic carbocycles. The molecule has 0 unspecified atom stereocenters. The van der Waals surface area contributed by atoms with Crippen molar-refractivity contribution in [2.45, 2.75) is 20.4 Å². The standard InChI is InChI=1S/C21H19ClN4O2S/c1-3-28-15-9-10-16-17(11-15)29-21(23-16)24-20(27)18-13(2)25-26(19(18)22)12-14-7-5-4-6-8-14/h4-11H,3,12H2,1-2H3,(H,23,24,27). The van der Waals surface area contributed by atoms with E-state index in [1.54, 1.807) is 11.6 Å². The van der Waals surface area contributed by atoms with Crippen LogP contribution in [0.25, 0.3) is 10.2 Å². The first-order chi connectivity index (χ1) is 14.0. The van der Waals surface area contributed by atoms with Crippen LogP contribution in [0.2, 0.25) is 5.15 Å². The molecule has 1 amide bonds. The van der Waals surface area contributed by atoms with Crippen molar-refractivity contribution in [2.75, 3.05) is 11.9 Å². The lowest BCUT2D eigenvalue weighted by Crippen LogP contribution is -2.13. The second-order valence-corrected chi connectivity index (χ2v) is 7.82. The maximum atomic E-state index is 12.9. The van der Waals surface area contributed by atoms with Crippen LogP contribution in [0.1, 0.15) is 28.5 Å². The number of amides is 1. The van der Waals surface area contributed by atoms with Crippen LogP contribution in [0, 0.1) is 6.92 Å². The van der Waals surface area contributed by atoms with Crippen LogP contribution >= 0.6 is 22.9 Å². The van der Waals surface area contributed by atoms with Gasteiger partial charge >= 0.3 is 0 Å². The molecule has 0 spiro atoms. The van der Waals surface area contributed by atoms with Crippen LogP contribution in [0.5, 0.6) is 5.75 Å². The molecule has 1 N–H and O–H groups in total. The number of rotatable bonds is 6. The number of ether oxygens (including phenoxy) is 1. The van der Waals surface area contributed by atoms with Gasteiger partial charge in [-0.05, 0) is 37.6 Å². The van der Waals surface area contributed by atoms with E-state index in [4.69, 9.17) is 16.3 Å². The van der Waals surface area contributed by atoms with E-state index in [-0.39, 0.29) is 5.91 Å². The molecule has 2 aromatic heterocycles. The summed E-state index contributed by atoms with van der Waals surface area (Å²) in [5.74, 6) is 0.457. The Balaban J connectivity index is 1.56. The van der Waals surface area contributed by atoms with Crippen molar-refractivity contribution in [3.05, 3.63) is 70.5 Å².